The van der Waals surface area contributed by atoms with Crippen LogP contribution in [0.5, 0.6) is 11.5 Å². The molecule has 5 heteroatoms. The number of aromatic hydroxyl groups is 1. The number of Topliss-reactive ketones (excluding diaryl/α,β-unsaturated/α-hetero) is 1. The molecule has 27 heavy (non-hydrogen) atoms. The number of hydrogen-bond acceptors (Lipinski definition) is 4. The van der Waals surface area contributed by atoms with Gasteiger partial charge in [-0.2, -0.15) is 4.39 Å². The van der Waals surface area contributed by atoms with Gasteiger partial charge in [0.2, 0.25) is 5.82 Å². The van der Waals surface area contributed by atoms with E-state index in [1.54, 1.807) is 6.92 Å². The fourth-order valence-electron chi connectivity index (χ4n) is 3.42. The fourth-order valence-corrected chi connectivity index (χ4v) is 3.42. The van der Waals surface area contributed by atoms with E-state index in [0.717, 1.165) is 12.8 Å². The maximum Gasteiger partial charge on any atom is 0.207 e. The summed E-state index contributed by atoms with van der Waals surface area (Å²) in [5.74, 6) is -1.60. The topological polar surface area (TPSA) is 55.8 Å². The van der Waals surface area contributed by atoms with Crippen molar-refractivity contribution in [1.82, 2.24) is 0 Å². The summed E-state index contributed by atoms with van der Waals surface area (Å²) in [6, 6.07) is 11.2. The van der Waals surface area contributed by atoms with Crippen LogP contribution >= 0.6 is 0 Å². The van der Waals surface area contributed by atoms with Gasteiger partial charge in [0.25, 0.3) is 0 Å². The van der Waals surface area contributed by atoms with Crippen molar-refractivity contribution in [3.05, 3.63) is 58.9 Å². The minimum absolute atomic E-state index is 0.0276. The molecule has 2 atom stereocenters. The first-order chi connectivity index (χ1) is 13.0. The van der Waals surface area contributed by atoms with E-state index in [1.165, 1.54) is 23.3 Å². The third kappa shape index (κ3) is 4.48. The summed E-state index contributed by atoms with van der Waals surface area (Å²) in [5.41, 5.74) is 2.44. The van der Waals surface area contributed by atoms with E-state index >= 15 is 0 Å². The molecule has 0 spiro atoms. The Hall–Kier alpha value is -2.40. The average molecular weight is 372 g/mol. The molecule has 1 heterocycles. The van der Waals surface area contributed by atoms with Gasteiger partial charge in [-0.05, 0) is 44.4 Å². The van der Waals surface area contributed by atoms with Gasteiger partial charge in [0, 0.05) is 12.3 Å². The standard InChI is InChI=1S/C22H25FO4/c1-3-26-20-11-10-18(22(25)21(20)23)19(24)12-17-9-8-16(13-27-17)15-6-4-14(2)5-7-15/h4-7,10-11,16-17,25H,3,8-9,12-13H2,1-2H3. The van der Waals surface area contributed by atoms with E-state index in [0.29, 0.717) is 12.5 Å². The lowest BCUT2D eigenvalue weighted by atomic mass is 9.89. The molecule has 2 unspecified atom stereocenters. The van der Waals surface area contributed by atoms with E-state index in [-0.39, 0.29) is 36.2 Å². The molecular weight excluding hydrogens is 347 g/mol. The molecule has 3 rings (SSSR count). The van der Waals surface area contributed by atoms with Gasteiger partial charge in [-0.3, -0.25) is 4.79 Å². The first kappa shape index (κ1) is 19.4. The second-order valence-corrected chi connectivity index (χ2v) is 6.97. The number of carbonyl (C=O) groups is 1. The van der Waals surface area contributed by atoms with Crippen LogP contribution in [0.15, 0.2) is 36.4 Å². The quantitative estimate of drug-likeness (QED) is 0.742. The van der Waals surface area contributed by atoms with Crippen molar-refractivity contribution < 1.29 is 23.8 Å². The Balaban J connectivity index is 1.59. The SMILES string of the molecule is CCOc1ccc(C(=O)CC2CCC(c3ccc(C)cc3)CO2)c(O)c1F. The third-order valence-corrected chi connectivity index (χ3v) is 5.01. The highest BCUT2D eigenvalue weighted by Gasteiger charge is 2.27. The number of ketones is 1. The molecule has 1 aliphatic heterocycles. The number of rotatable bonds is 6. The highest BCUT2D eigenvalue weighted by Crippen LogP contribution is 2.33. The van der Waals surface area contributed by atoms with Gasteiger partial charge in [-0.1, -0.05) is 29.8 Å². The average Bonchev–Trinajstić information content (AvgIpc) is 2.67. The second kappa shape index (κ2) is 8.53. The monoisotopic (exact) mass is 372 g/mol. The molecule has 1 N–H and O–H groups in total. The molecule has 0 saturated carbocycles. The van der Waals surface area contributed by atoms with E-state index in [9.17, 15) is 14.3 Å². The van der Waals surface area contributed by atoms with E-state index in [2.05, 4.69) is 31.2 Å². The van der Waals surface area contributed by atoms with Gasteiger partial charge >= 0.3 is 0 Å². The van der Waals surface area contributed by atoms with E-state index < -0.39 is 11.6 Å². The smallest absolute Gasteiger partial charge is 0.207 e. The molecule has 4 nitrogen and oxygen atoms in total. The van der Waals surface area contributed by atoms with Crippen LogP contribution in [-0.4, -0.2) is 30.2 Å². The lowest BCUT2D eigenvalue weighted by Crippen LogP contribution is -2.27. The summed E-state index contributed by atoms with van der Waals surface area (Å²) in [7, 11) is 0. The molecule has 144 valence electrons. The normalized spacial score (nSPS) is 19.7. The molecule has 0 amide bonds. The number of hydrogen-bond donors (Lipinski definition) is 1. The van der Waals surface area contributed by atoms with Gasteiger partial charge in [0.15, 0.2) is 17.3 Å². The zero-order chi connectivity index (χ0) is 19.4. The molecule has 2 aromatic rings. The number of aryl methyl sites for hydroxylation is 1. The predicted octanol–water partition coefficient (Wildman–Crippen LogP) is 4.77. The maximum atomic E-state index is 14.1. The van der Waals surface area contributed by atoms with Crippen molar-refractivity contribution in [3.63, 3.8) is 0 Å². The summed E-state index contributed by atoms with van der Waals surface area (Å²) in [4.78, 5) is 12.5. The summed E-state index contributed by atoms with van der Waals surface area (Å²) in [6.45, 7) is 4.62. The van der Waals surface area contributed by atoms with Crippen LogP contribution in [0.25, 0.3) is 0 Å². The van der Waals surface area contributed by atoms with Gasteiger partial charge in [0.05, 0.1) is 24.9 Å². The highest BCUT2D eigenvalue weighted by atomic mass is 19.1. The molecule has 2 aromatic carbocycles. The van der Waals surface area contributed by atoms with Gasteiger partial charge in [-0.25, -0.2) is 0 Å². The molecule has 0 aromatic heterocycles. The van der Waals surface area contributed by atoms with Crippen LogP contribution in [0.4, 0.5) is 4.39 Å². The first-order valence-corrected chi connectivity index (χ1v) is 9.35. The van der Waals surface area contributed by atoms with Crippen LogP contribution in [-0.2, 0) is 4.74 Å². The number of phenolic OH excluding ortho intramolecular Hbond substituents is 1. The fraction of sp³-hybridized carbons (Fsp3) is 0.409. The van der Waals surface area contributed by atoms with Crippen molar-refractivity contribution in [1.29, 1.82) is 0 Å². The molecular formula is C22H25FO4. The lowest BCUT2D eigenvalue weighted by Gasteiger charge is -2.29. The van der Waals surface area contributed by atoms with Crippen LogP contribution in [0.1, 0.15) is 53.6 Å². The van der Waals surface area contributed by atoms with Crippen molar-refractivity contribution in [3.8, 4) is 11.5 Å². The molecule has 1 aliphatic rings. The summed E-state index contributed by atoms with van der Waals surface area (Å²) in [5, 5.41) is 10.0. The van der Waals surface area contributed by atoms with E-state index in [1.807, 2.05) is 0 Å². The Bertz CT molecular complexity index is 793. The number of halogens is 1. The van der Waals surface area contributed by atoms with Crippen LogP contribution < -0.4 is 4.74 Å². The summed E-state index contributed by atoms with van der Waals surface area (Å²) in [6.07, 6.45) is 1.60. The minimum atomic E-state index is -0.897. The zero-order valence-electron chi connectivity index (χ0n) is 15.7. The van der Waals surface area contributed by atoms with Gasteiger partial charge in [0.1, 0.15) is 0 Å². The molecule has 1 fully saturated rings. The third-order valence-electron chi connectivity index (χ3n) is 5.01. The zero-order valence-corrected chi connectivity index (χ0v) is 15.7. The lowest BCUT2D eigenvalue weighted by molar-refractivity contribution is 0.00158. The molecule has 0 aliphatic carbocycles. The van der Waals surface area contributed by atoms with Crippen molar-refractivity contribution in [2.45, 2.75) is 45.1 Å². The largest absolute Gasteiger partial charge is 0.504 e. The number of ether oxygens (including phenoxy) is 2. The first-order valence-electron chi connectivity index (χ1n) is 9.35. The van der Waals surface area contributed by atoms with Crippen LogP contribution in [0, 0.1) is 12.7 Å². The minimum Gasteiger partial charge on any atom is -0.504 e. The Morgan fingerprint density at radius 1 is 1.22 bits per heavy atom. The van der Waals surface area contributed by atoms with Crippen molar-refractivity contribution in [2.75, 3.05) is 13.2 Å². The maximum absolute atomic E-state index is 14.1. The van der Waals surface area contributed by atoms with Gasteiger partial charge < -0.3 is 14.6 Å². The Labute approximate surface area is 158 Å². The Morgan fingerprint density at radius 3 is 2.59 bits per heavy atom. The highest BCUT2D eigenvalue weighted by molar-refractivity contribution is 5.99. The van der Waals surface area contributed by atoms with Crippen LogP contribution in [0.3, 0.4) is 0 Å². The van der Waals surface area contributed by atoms with Crippen molar-refractivity contribution >= 4 is 5.78 Å². The predicted molar refractivity (Wildman–Crippen MR) is 101 cm³/mol. The van der Waals surface area contributed by atoms with Crippen molar-refractivity contribution in [2.24, 2.45) is 0 Å². The van der Waals surface area contributed by atoms with E-state index in [4.69, 9.17) is 9.47 Å². The number of carbonyl (C=O) groups excluding carboxylic acids is 1. The summed E-state index contributed by atoms with van der Waals surface area (Å²) >= 11 is 0. The summed E-state index contributed by atoms with van der Waals surface area (Å²) < 4.78 is 25.1. The number of benzene rings is 2. The molecule has 1 saturated heterocycles. The van der Waals surface area contributed by atoms with Gasteiger partial charge in [-0.15, -0.1) is 0 Å². The van der Waals surface area contributed by atoms with Crippen LogP contribution in [0.2, 0.25) is 0 Å². The number of phenols is 1. The molecule has 0 radical (unpaired) electrons. The Kier molecular flexibility index (Phi) is 6.11. The second-order valence-electron chi connectivity index (χ2n) is 6.97. The Morgan fingerprint density at radius 2 is 1.96 bits per heavy atom. The molecule has 0 bridgehead atoms.